The number of aromatic nitrogens is 1. The molecule has 180 valence electrons. The van der Waals surface area contributed by atoms with E-state index in [1.165, 1.54) is 44.9 Å². The molecule has 7 rings (SSSR count). The van der Waals surface area contributed by atoms with E-state index < -0.39 is 0 Å². The summed E-state index contributed by atoms with van der Waals surface area (Å²) < 4.78 is 0. The third-order valence-electron chi connectivity index (χ3n) is 8.52. The van der Waals surface area contributed by atoms with E-state index >= 15 is 0 Å². The number of nitrogens with zero attached hydrogens (tertiary/aromatic N) is 2. The van der Waals surface area contributed by atoms with Gasteiger partial charge in [0.1, 0.15) is 0 Å². The first kappa shape index (κ1) is 22.1. The summed E-state index contributed by atoms with van der Waals surface area (Å²) in [6.45, 7) is 4.80. The third kappa shape index (κ3) is 3.22. The fourth-order valence-corrected chi connectivity index (χ4v) is 6.70. The molecule has 0 fully saturated rings. The van der Waals surface area contributed by atoms with E-state index in [0.717, 1.165) is 18.5 Å². The van der Waals surface area contributed by atoms with E-state index in [1.54, 1.807) is 0 Å². The second-order valence-electron chi connectivity index (χ2n) is 11.0. The first-order valence-corrected chi connectivity index (χ1v) is 13.2. The molecule has 0 bridgehead atoms. The van der Waals surface area contributed by atoms with Gasteiger partial charge in [-0.25, -0.2) is 0 Å². The Morgan fingerprint density at radius 3 is 1.92 bits per heavy atom. The van der Waals surface area contributed by atoms with Crippen LogP contribution in [0.1, 0.15) is 48.9 Å². The minimum Gasteiger partial charge on any atom is -0.310 e. The Morgan fingerprint density at radius 1 is 0.595 bits per heavy atom. The van der Waals surface area contributed by atoms with Crippen LogP contribution in [0.3, 0.4) is 0 Å². The zero-order valence-corrected chi connectivity index (χ0v) is 21.4. The van der Waals surface area contributed by atoms with Crippen molar-refractivity contribution in [1.29, 1.82) is 0 Å². The van der Waals surface area contributed by atoms with E-state index in [9.17, 15) is 0 Å². The topological polar surface area (TPSA) is 16.1 Å². The van der Waals surface area contributed by atoms with Crippen LogP contribution in [-0.2, 0) is 10.8 Å². The Hall–Kier alpha value is -4.17. The summed E-state index contributed by atoms with van der Waals surface area (Å²) in [7, 11) is 0. The minimum atomic E-state index is -0.228. The second-order valence-corrected chi connectivity index (χ2v) is 11.0. The highest BCUT2D eigenvalue weighted by Gasteiger charge is 2.50. The van der Waals surface area contributed by atoms with Gasteiger partial charge >= 0.3 is 0 Å². The smallest absolute Gasteiger partial charge is 0.0702 e. The molecule has 0 unspecified atom stereocenters. The van der Waals surface area contributed by atoms with Crippen molar-refractivity contribution in [3.63, 3.8) is 0 Å². The zero-order valence-electron chi connectivity index (χ0n) is 21.4. The summed E-state index contributed by atoms with van der Waals surface area (Å²) in [4.78, 5) is 7.14. The Labute approximate surface area is 219 Å². The quantitative estimate of drug-likeness (QED) is 0.252. The van der Waals surface area contributed by atoms with E-state index in [4.69, 9.17) is 4.98 Å². The second kappa shape index (κ2) is 8.18. The zero-order chi connectivity index (χ0) is 25.0. The molecule has 2 aliphatic rings. The molecular weight excluding hydrogens is 448 g/mol. The van der Waals surface area contributed by atoms with E-state index in [2.05, 4.69) is 128 Å². The molecule has 4 aromatic carbocycles. The van der Waals surface area contributed by atoms with E-state index in [0.29, 0.717) is 0 Å². The lowest BCUT2D eigenvalue weighted by molar-refractivity contribution is 0.364. The summed E-state index contributed by atoms with van der Waals surface area (Å²) in [6, 6.07) is 42.1. The van der Waals surface area contributed by atoms with Crippen molar-refractivity contribution in [1.82, 2.24) is 4.98 Å². The van der Waals surface area contributed by atoms with Crippen LogP contribution in [0.15, 0.2) is 121 Å². The van der Waals surface area contributed by atoms with Crippen molar-refractivity contribution >= 4 is 17.1 Å². The van der Waals surface area contributed by atoms with Crippen LogP contribution in [0.4, 0.5) is 17.1 Å². The maximum absolute atomic E-state index is 4.70. The number of anilines is 3. The lowest BCUT2D eigenvalue weighted by Crippen LogP contribution is -2.43. The van der Waals surface area contributed by atoms with Crippen LogP contribution in [0.25, 0.3) is 11.3 Å². The number of benzene rings is 4. The summed E-state index contributed by atoms with van der Waals surface area (Å²) >= 11 is 0. The molecule has 5 aromatic rings. The molecule has 2 nitrogen and oxygen atoms in total. The maximum atomic E-state index is 4.70. The molecule has 37 heavy (non-hydrogen) atoms. The molecule has 2 heterocycles. The summed E-state index contributed by atoms with van der Waals surface area (Å²) in [6.07, 6.45) is 4.07. The first-order valence-electron chi connectivity index (χ1n) is 13.2. The van der Waals surface area contributed by atoms with Crippen molar-refractivity contribution in [2.24, 2.45) is 0 Å². The highest BCUT2D eigenvalue weighted by atomic mass is 15.2. The Kier molecular flexibility index (Phi) is 4.87. The van der Waals surface area contributed by atoms with Crippen molar-refractivity contribution < 1.29 is 0 Å². The molecule has 0 radical (unpaired) electrons. The number of fused-ring (bicyclic) bond motifs is 6. The van der Waals surface area contributed by atoms with Gasteiger partial charge in [-0.05, 0) is 83.0 Å². The van der Waals surface area contributed by atoms with Gasteiger partial charge in [0.05, 0.1) is 17.1 Å². The molecule has 0 atom stereocenters. The van der Waals surface area contributed by atoms with Crippen molar-refractivity contribution in [3.05, 3.63) is 144 Å². The van der Waals surface area contributed by atoms with Gasteiger partial charge in [-0.15, -0.1) is 0 Å². The molecule has 0 saturated carbocycles. The number of para-hydroxylation sites is 3. The Bertz CT molecular complexity index is 1550. The van der Waals surface area contributed by atoms with Gasteiger partial charge in [-0.1, -0.05) is 86.6 Å². The van der Waals surface area contributed by atoms with E-state index in [1.807, 2.05) is 12.3 Å². The van der Waals surface area contributed by atoms with Crippen LogP contribution < -0.4 is 4.90 Å². The fraction of sp³-hybridized carbons (Fsp3) is 0.171. The minimum absolute atomic E-state index is 0.101. The fourth-order valence-electron chi connectivity index (χ4n) is 6.70. The molecule has 1 spiro atoms. The maximum Gasteiger partial charge on any atom is 0.0702 e. The van der Waals surface area contributed by atoms with Gasteiger partial charge < -0.3 is 4.90 Å². The van der Waals surface area contributed by atoms with Crippen LogP contribution in [0.2, 0.25) is 0 Å². The molecule has 1 aliphatic carbocycles. The average molecular weight is 479 g/mol. The summed E-state index contributed by atoms with van der Waals surface area (Å²) in [5, 5.41) is 0. The van der Waals surface area contributed by atoms with Crippen molar-refractivity contribution in [2.45, 2.75) is 37.5 Å². The number of rotatable bonds is 2. The summed E-state index contributed by atoms with van der Waals surface area (Å²) in [5.74, 6) is 0. The number of hydrogen-bond acceptors (Lipinski definition) is 2. The molecule has 1 aromatic heterocycles. The first-order chi connectivity index (χ1) is 18.1. The average Bonchev–Trinajstić information content (AvgIpc) is 2.95. The highest BCUT2D eigenvalue weighted by molar-refractivity contribution is 5.88. The Balaban J connectivity index is 1.57. The normalized spacial score (nSPS) is 16.5. The van der Waals surface area contributed by atoms with Gasteiger partial charge in [0.25, 0.3) is 0 Å². The monoisotopic (exact) mass is 478 g/mol. The van der Waals surface area contributed by atoms with Gasteiger partial charge in [-0.2, -0.15) is 0 Å². The third-order valence-corrected chi connectivity index (χ3v) is 8.52. The van der Waals surface area contributed by atoms with Crippen molar-refractivity contribution in [2.75, 3.05) is 4.90 Å². The molecule has 0 saturated heterocycles. The van der Waals surface area contributed by atoms with Crippen LogP contribution in [0.5, 0.6) is 0 Å². The highest BCUT2D eigenvalue weighted by Crippen LogP contribution is 2.61. The molecular formula is C35H30N2. The van der Waals surface area contributed by atoms with Crippen LogP contribution in [-0.4, -0.2) is 4.98 Å². The predicted molar refractivity (Wildman–Crippen MR) is 153 cm³/mol. The van der Waals surface area contributed by atoms with Gasteiger partial charge in [0.2, 0.25) is 0 Å². The predicted octanol–water partition coefficient (Wildman–Crippen LogP) is 8.94. The van der Waals surface area contributed by atoms with E-state index in [-0.39, 0.29) is 10.8 Å². The SMILES string of the molecule is CC1(C)CCC2(c3ccccc3N(c3ccccc3)c3ccccc32)c2cc(-c3ccccn3)ccc21. The lowest BCUT2D eigenvalue weighted by Gasteiger charge is -2.51. The van der Waals surface area contributed by atoms with Gasteiger partial charge in [0.15, 0.2) is 0 Å². The molecule has 1 aliphatic heterocycles. The molecule has 0 amide bonds. The number of pyridine rings is 1. The van der Waals surface area contributed by atoms with Gasteiger partial charge in [0, 0.05) is 22.9 Å². The van der Waals surface area contributed by atoms with Gasteiger partial charge in [-0.3, -0.25) is 4.98 Å². The molecule has 0 N–H and O–H groups in total. The lowest BCUT2D eigenvalue weighted by atomic mass is 9.55. The Morgan fingerprint density at radius 2 is 1.24 bits per heavy atom. The van der Waals surface area contributed by atoms with Crippen LogP contribution in [0, 0.1) is 0 Å². The van der Waals surface area contributed by atoms with Crippen LogP contribution >= 0.6 is 0 Å². The standard InChI is InChI=1S/C35H30N2/c1-34(2)21-22-35(30-24-25(19-20-27(30)34)31-16-10-11-23-36-31)28-14-6-8-17-32(28)37(26-12-4-3-5-13-26)33-18-9-7-15-29(33)35/h3-20,23-24H,21-22H2,1-2H3. The van der Waals surface area contributed by atoms with Crippen molar-refractivity contribution in [3.8, 4) is 11.3 Å². The summed E-state index contributed by atoms with van der Waals surface area (Å²) in [5.41, 5.74) is 11.4. The number of hydrogen-bond donors (Lipinski definition) is 0. The molecule has 2 heteroatoms. The largest absolute Gasteiger partial charge is 0.310 e.